The highest BCUT2D eigenvalue weighted by Crippen LogP contribution is 2.08. The molecule has 0 aliphatic heterocycles. The minimum Gasteiger partial charge on any atom is -0.378 e. The Hall–Kier alpha value is -1.10. The summed E-state index contributed by atoms with van der Waals surface area (Å²) < 4.78 is 29.2. The minimum atomic E-state index is 0. The van der Waals surface area contributed by atoms with Gasteiger partial charge in [0.2, 0.25) is 0 Å². The second kappa shape index (κ2) is 17.7. The van der Waals surface area contributed by atoms with E-state index in [-0.39, 0.29) is 1.43 Å². The molecule has 0 atom stereocenters. The van der Waals surface area contributed by atoms with Gasteiger partial charge in [0, 0.05) is 20.2 Å². The van der Waals surface area contributed by atoms with E-state index in [4.69, 9.17) is 23.7 Å². The lowest BCUT2D eigenvalue weighted by molar-refractivity contribution is -0.0114. The number of hydrogen-bond donors (Lipinski definition) is 1. The van der Waals surface area contributed by atoms with Crippen LogP contribution in [-0.4, -0.2) is 93.6 Å². The Balaban J connectivity index is 0.00000841. The molecule has 0 unspecified atom stereocenters. The smallest absolute Gasteiger partial charge is 0.0852 e. The Morgan fingerprint density at radius 3 is 1.72 bits per heavy atom. The normalized spacial score (nSPS) is 11.8. The van der Waals surface area contributed by atoms with Gasteiger partial charge in [-0.25, -0.2) is 4.68 Å². The van der Waals surface area contributed by atoms with Crippen LogP contribution < -0.4 is 5.32 Å². The monoisotopic (exact) mass is 418 g/mol. The maximum Gasteiger partial charge on any atom is 0.0852 e. The van der Waals surface area contributed by atoms with E-state index in [0.717, 1.165) is 12.2 Å². The van der Waals surface area contributed by atoms with Gasteiger partial charge in [-0.15, -0.1) is 5.10 Å². The van der Waals surface area contributed by atoms with Gasteiger partial charge in [-0.2, -0.15) is 0 Å². The fourth-order valence-corrected chi connectivity index (χ4v) is 2.25. The van der Waals surface area contributed by atoms with Crippen molar-refractivity contribution in [2.75, 3.05) is 72.6 Å². The van der Waals surface area contributed by atoms with Crippen molar-refractivity contribution in [2.45, 2.75) is 46.2 Å². The summed E-state index contributed by atoms with van der Waals surface area (Å²) >= 11 is 0. The van der Waals surface area contributed by atoms with Crippen molar-refractivity contribution in [1.29, 1.82) is 0 Å². The number of hydrogen-bond acceptors (Lipinski definition) is 8. The highest BCUT2D eigenvalue weighted by atomic mass is 16.6. The van der Waals surface area contributed by atoms with Gasteiger partial charge in [0.25, 0.3) is 0 Å². The lowest BCUT2D eigenvalue weighted by Crippen LogP contribution is -2.27. The highest BCUT2D eigenvalue weighted by Gasteiger charge is 2.04. The maximum absolute atomic E-state index is 5.54. The molecule has 172 valence electrons. The predicted molar refractivity (Wildman–Crippen MR) is 113 cm³/mol. The molecule has 0 aromatic carbocycles. The van der Waals surface area contributed by atoms with Crippen molar-refractivity contribution in [1.82, 2.24) is 20.3 Å². The Labute approximate surface area is 176 Å². The van der Waals surface area contributed by atoms with Gasteiger partial charge in [-0.05, 0) is 5.92 Å². The van der Waals surface area contributed by atoms with Crippen molar-refractivity contribution < 1.29 is 25.1 Å². The van der Waals surface area contributed by atoms with E-state index in [1.807, 2.05) is 10.9 Å². The molecule has 1 aromatic heterocycles. The Morgan fingerprint density at radius 1 is 0.793 bits per heavy atom. The second-order valence-corrected chi connectivity index (χ2v) is 7.23. The summed E-state index contributed by atoms with van der Waals surface area (Å²) in [6.45, 7) is 15.8. The molecule has 9 heteroatoms. The summed E-state index contributed by atoms with van der Waals surface area (Å²) in [4.78, 5) is 0. The Morgan fingerprint density at radius 2 is 1.28 bits per heavy atom. The minimum absolute atomic E-state index is 0. The van der Waals surface area contributed by atoms with Crippen molar-refractivity contribution in [2.24, 2.45) is 0 Å². The quantitative estimate of drug-likeness (QED) is 0.320. The largest absolute Gasteiger partial charge is 0.378 e. The molecule has 1 aromatic rings. The lowest BCUT2D eigenvalue weighted by atomic mass is 10.2. The van der Waals surface area contributed by atoms with Crippen molar-refractivity contribution in [3.05, 3.63) is 11.9 Å². The van der Waals surface area contributed by atoms with Crippen LogP contribution in [0.2, 0.25) is 0 Å². The first-order valence-corrected chi connectivity index (χ1v) is 10.6. The number of nitrogens with zero attached hydrogens (tertiary/aromatic N) is 3. The summed E-state index contributed by atoms with van der Waals surface area (Å²) in [6, 6.07) is 0.493. The first kappa shape index (κ1) is 25.9. The Kier molecular flexibility index (Phi) is 15.9. The molecule has 0 spiro atoms. The number of nitrogens with one attached hydrogen (secondary N) is 1. The zero-order valence-corrected chi connectivity index (χ0v) is 18.6. The van der Waals surface area contributed by atoms with Crippen LogP contribution >= 0.6 is 0 Å². The molecule has 0 fully saturated rings. The predicted octanol–water partition coefficient (Wildman–Crippen LogP) is 1.73. The molecular formula is C20H42N4O5. The molecule has 0 radical (unpaired) electrons. The molecule has 1 heterocycles. The van der Waals surface area contributed by atoms with Gasteiger partial charge >= 0.3 is 0 Å². The van der Waals surface area contributed by atoms with Crippen molar-refractivity contribution in [3.63, 3.8) is 0 Å². The third-order valence-corrected chi connectivity index (χ3v) is 3.90. The van der Waals surface area contributed by atoms with Gasteiger partial charge in [-0.1, -0.05) is 32.9 Å². The van der Waals surface area contributed by atoms with E-state index < -0.39 is 0 Å². The molecule has 0 saturated heterocycles. The van der Waals surface area contributed by atoms with E-state index in [1.54, 1.807) is 0 Å². The van der Waals surface area contributed by atoms with E-state index >= 15 is 0 Å². The number of rotatable bonds is 20. The molecule has 1 rings (SSSR count). The van der Waals surface area contributed by atoms with E-state index in [1.165, 1.54) is 0 Å². The van der Waals surface area contributed by atoms with Crippen LogP contribution in [0.1, 0.15) is 40.7 Å². The van der Waals surface area contributed by atoms with Gasteiger partial charge in [0.05, 0.1) is 78.3 Å². The topological polar surface area (TPSA) is 88.9 Å². The van der Waals surface area contributed by atoms with E-state index in [0.29, 0.717) is 84.6 Å². The van der Waals surface area contributed by atoms with Crippen LogP contribution in [0.4, 0.5) is 0 Å². The Bertz CT molecular complexity index is 492. The molecule has 0 saturated carbocycles. The van der Waals surface area contributed by atoms with Crippen LogP contribution in [-0.2, 0) is 30.2 Å². The van der Waals surface area contributed by atoms with Gasteiger partial charge in [0.15, 0.2) is 0 Å². The van der Waals surface area contributed by atoms with Gasteiger partial charge < -0.3 is 29.0 Å². The fourth-order valence-electron chi connectivity index (χ4n) is 2.25. The molecule has 0 aliphatic carbocycles. The van der Waals surface area contributed by atoms with E-state index in [9.17, 15) is 0 Å². The molecule has 9 nitrogen and oxygen atoms in total. The van der Waals surface area contributed by atoms with Crippen molar-refractivity contribution in [3.8, 4) is 0 Å². The zero-order valence-electron chi connectivity index (χ0n) is 18.6. The molecule has 0 bridgehead atoms. The SMILES string of the molecule is CC(C)NCCOCCOCCOCCOCCOCCn1cc(C(C)C)nn1.[HH]. The standard InChI is InChI=1S/C20H40N4O5.H2/c1-18(2)20-17-24(23-22-20)6-8-26-10-12-28-14-16-29-15-13-27-11-9-25-7-5-21-19(3)4;/h17-19,21H,5-16H2,1-4H3;1H. The van der Waals surface area contributed by atoms with Gasteiger partial charge in [-0.3, -0.25) is 0 Å². The van der Waals surface area contributed by atoms with Gasteiger partial charge in [0.1, 0.15) is 0 Å². The number of aromatic nitrogens is 3. The molecule has 0 amide bonds. The first-order chi connectivity index (χ1) is 14.1. The molecule has 0 aliphatic rings. The van der Waals surface area contributed by atoms with Crippen LogP contribution in [0.15, 0.2) is 6.20 Å². The van der Waals surface area contributed by atoms with E-state index in [2.05, 4.69) is 43.3 Å². The van der Waals surface area contributed by atoms with Crippen molar-refractivity contribution >= 4 is 0 Å². The molecule has 29 heavy (non-hydrogen) atoms. The molecule has 1 N–H and O–H groups in total. The zero-order chi connectivity index (χ0) is 21.2. The average molecular weight is 419 g/mol. The van der Waals surface area contributed by atoms with Crippen LogP contribution in [0.5, 0.6) is 0 Å². The average Bonchev–Trinajstić information content (AvgIpc) is 3.16. The lowest BCUT2D eigenvalue weighted by Gasteiger charge is -2.09. The third kappa shape index (κ3) is 15.4. The summed E-state index contributed by atoms with van der Waals surface area (Å²) in [5, 5.41) is 11.5. The van der Waals surface area contributed by atoms with Crippen LogP contribution in [0, 0.1) is 0 Å². The summed E-state index contributed by atoms with van der Waals surface area (Å²) in [5.74, 6) is 0.392. The third-order valence-electron chi connectivity index (χ3n) is 3.90. The second-order valence-electron chi connectivity index (χ2n) is 7.23. The first-order valence-electron chi connectivity index (χ1n) is 10.6. The molecular weight excluding hydrogens is 376 g/mol. The van der Waals surface area contributed by atoms with Crippen LogP contribution in [0.3, 0.4) is 0 Å². The summed E-state index contributed by atoms with van der Waals surface area (Å²) in [7, 11) is 0. The maximum atomic E-state index is 5.54. The highest BCUT2D eigenvalue weighted by molar-refractivity contribution is 4.97. The summed E-state index contributed by atoms with van der Waals surface area (Å²) in [5.41, 5.74) is 1.00. The van der Waals surface area contributed by atoms with Crippen LogP contribution in [0.25, 0.3) is 0 Å². The fraction of sp³-hybridized carbons (Fsp3) is 0.900. The number of ether oxygens (including phenoxy) is 5. The summed E-state index contributed by atoms with van der Waals surface area (Å²) in [6.07, 6.45) is 1.96.